The number of carboxylic acid groups (broad SMARTS) is 1. The first-order valence-corrected chi connectivity index (χ1v) is 6.25. The van der Waals surface area contributed by atoms with E-state index in [1.165, 1.54) is 0 Å². The number of nitrogens with one attached hydrogen (secondary N) is 2. The van der Waals surface area contributed by atoms with Crippen LogP contribution in [0.4, 0.5) is 4.79 Å². The van der Waals surface area contributed by atoms with E-state index in [1.807, 2.05) is 11.6 Å². The molecule has 1 heterocycles. The molecule has 0 bridgehead atoms. The fraction of sp³-hybridized carbons (Fsp3) is 0.583. The Morgan fingerprint density at radius 2 is 2.26 bits per heavy atom. The van der Waals surface area contributed by atoms with Crippen LogP contribution in [0.2, 0.25) is 0 Å². The number of carbonyl (C=O) groups excluding carboxylic acids is 1. The average Bonchev–Trinajstić information content (AvgIpc) is 2.68. The number of urea groups is 1. The molecule has 1 aromatic rings. The fourth-order valence-corrected chi connectivity index (χ4v) is 2.25. The normalized spacial score (nSPS) is 16.5. The van der Waals surface area contributed by atoms with Gasteiger partial charge in [0.2, 0.25) is 0 Å². The zero-order valence-electron chi connectivity index (χ0n) is 10.8. The van der Waals surface area contributed by atoms with Crippen molar-refractivity contribution in [3.63, 3.8) is 0 Å². The van der Waals surface area contributed by atoms with E-state index in [0.29, 0.717) is 6.54 Å². The Morgan fingerprint density at radius 1 is 1.53 bits per heavy atom. The van der Waals surface area contributed by atoms with E-state index < -0.39 is 11.5 Å². The number of hydrogen-bond donors (Lipinski definition) is 3. The van der Waals surface area contributed by atoms with Gasteiger partial charge in [-0.15, -0.1) is 0 Å². The summed E-state index contributed by atoms with van der Waals surface area (Å²) in [7, 11) is 1.85. The van der Waals surface area contributed by atoms with Crippen LogP contribution in [-0.4, -0.2) is 32.2 Å². The van der Waals surface area contributed by atoms with Crippen LogP contribution >= 0.6 is 0 Å². The van der Waals surface area contributed by atoms with Gasteiger partial charge in [-0.3, -0.25) is 4.79 Å². The molecule has 2 amide bonds. The van der Waals surface area contributed by atoms with Gasteiger partial charge in [0.1, 0.15) is 5.82 Å². The molecule has 0 saturated heterocycles. The lowest BCUT2D eigenvalue weighted by atomic mass is 9.74. The van der Waals surface area contributed by atoms with E-state index in [4.69, 9.17) is 5.11 Å². The number of aromatic nitrogens is 2. The predicted molar refractivity (Wildman–Crippen MR) is 67.4 cm³/mol. The number of carbonyl (C=O) groups is 2. The molecule has 0 radical (unpaired) electrons. The second-order valence-corrected chi connectivity index (χ2v) is 4.97. The highest BCUT2D eigenvalue weighted by atomic mass is 16.4. The van der Waals surface area contributed by atoms with Gasteiger partial charge in [-0.25, -0.2) is 9.78 Å². The Labute approximate surface area is 111 Å². The predicted octanol–water partition coefficient (Wildman–Crippen LogP) is 0.617. The summed E-state index contributed by atoms with van der Waals surface area (Å²) >= 11 is 0. The SMILES string of the molecule is Cn1ccnc1CNC(=O)NC1(CC(=O)O)CCC1. The van der Waals surface area contributed by atoms with Gasteiger partial charge in [0, 0.05) is 19.4 Å². The minimum atomic E-state index is -0.885. The average molecular weight is 266 g/mol. The summed E-state index contributed by atoms with van der Waals surface area (Å²) in [5.74, 6) is -0.139. The summed E-state index contributed by atoms with van der Waals surface area (Å²) in [5.41, 5.74) is -0.572. The minimum Gasteiger partial charge on any atom is -0.481 e. The van der Waals surface area contributed by atoms with Crippen LogP contribution in [0.15, 0.2) is 12.4 Å². The molecule has 1 fully saturated rings. The van der Waals surface area contributed by atoms with Gasteiger partial charge in [-0.05, 0) is 19.3 Å². The summed E-state index contributed by atoms with van der Waals surface area (Å²) in [6, 6.07) is -0.344. The summed E-state index contributed by atoms with van der Waals surface area (Å²) < 4.78 is 1.82. The third-order valence-corrected chi connectivity index (χ3v) is 3.51. The van der Waals surface area contributed by atoms with Crippen molar-refractivity contribution < 1.29 is 14.7 Å². The number of hydrogen-bond acceptors (Lipinski definition) is 3. The summed E-state index contributed by atoms with van der Waals surface area (Å²) in [6.07, 6.45) is 5.82. The summed E-state index contributed by atoms with van der Waals surface area (Å²) in [4.78, 5) is 26.7. The molecule has 1 aliphatic rings. The van der Waals surface area contributed by atoms with Crippen LogP contribution in [0, 0.1) is 0 Å². The van der Waals surface area contributed by atoms with Crippen molar-refractivity contribution in [2.75, 3.05) is 0 Å². The summed E-state index contributed by atoms with van der Waals surface area (Å²) in [6.45, 7) is 0.318. The van der Waals surface area contributed by atoms with Crippen LogP contribution in [0.5, 0.6) is 0 Å². The lowest BCUT2D eigenvalue weighted by molar-refractivity contribution is -0.139. The Balaban J connectivity index is 1.83. The molecule has 1 saturated carbocycles. The molecule has 19 heavy (non-hydrogen) atoms. The zero-order chi connectivity index (χ0) is 13.9. The van der Waals surface area contributed by atoms with Crippen molar-refractivity contribution in [3.05, 3.63) is 18.2 Å². The molecule has 0 spiro atoms. The van der Waals surface area contributed by atoms with Crippen LogP contribution in [0.25, 0.3) is 0 Å². The van der Waals surface area contributed by atoms with Gasteiger partial charge in [0.15, 0.2) is 0 Å². The summed E-state index contributed by atoms with van der Waals surface area (Å²) in [5, 5.41) is 14.3. The molecule has 1 aromatic heterocycles. The molecule has 0 aromatic carbocycles. The second-order valence-electron chi connectivity index (χ2n) is 4.97. The number of nitrogens with zero attached hydrogens (tertiary/aromatic N) is 2. The third kappa shape index (κ3) is 3.24. The highest BCUT2D eigenvalue weighted by Gasteiger charge is 2.40. The third-order valence-electron chi connectivity index (χ3n) is 3.51. The first-order chi connectivity index (χ1) is 9.01. The highest BCUT2D eigenvalue weighted by molar-refractivity contribution is 5.77. The zero-order valence-corrected chi connectivity index (χ0v) is 10.8. The molecular formula is C12H18N4O3. The van der Waals surface area contributed by atoms with E-state index in [2.05, 4.69) is 15.6 Å². The molecule has 2 rings (SSSR count). The molecule has 0 atom stereocenters. The Hall–Kier alpha value is -2.05. The Bertz CT molecular complexity index is 479. The van der Waals surface area contributed by atoms with Crippen molar-refractivity contribution in [3.8, 4) is 0 Å². The van der Waals surface area contributed by atoms with Crippen LogP contribution in [-0.2, 0) is 18.4 Å². The van der Waals surface area contributed by atoms with Gasteiger partial charge in [0.25, 0.3) is 0 Å². The van der Waals surface area contributed by atoms with Crippen molar-refractivity contribution in [1.29, 1.82) is 0 Å². The smallest absolute Gasteiger partial charge is 0.315 e. The number of carboxylic acids is 1. The Kier molecular flexibility index (Phi) is 3.73. The molecule has 0 unspecified atom stereocenters. The van der Waals surface area contributed by atoms with Crippen LogP contribution < -0.4 is 10.6 Å². The number of aliphatic carboxylic acids is 1. The number of aryl methyl sites for hydroxylation is 1. The Morgan fingerprint density at radius 3 is 2.74 bits per heavy atom. The molecule has 1 aliphatic carbocycles. The maximum absolute atomic E-state index is 11.8. The van der Waals surface area contributed by atoms with E-state index in [0.717, 1.165) is 25.1 Å². The monoisotopic (exact) mass is 266 g/mol. The minimum absolute atomic E-state index is 0.0250. The van der Waals surface area contributed by atoms with Gasteiger partial charge < -0.3 is 20.3 Å². The van der Waals surface area contributed by atoms with E-state index in [-0.39, 0.29) is 12.5 Å². The molecule has 104 valence electrons. The van der Waals surface area contributed by atoms with Crippen LogP contribution in [0.3, 0.4) is 0 Å². The first-order valence-electron chi connectivity index (χ1n) is 6.25. The van der Waals surface area contributed by atoms with Gasteiger partial charge in [-0.1, -0.05) is 0 Å². The van der Waals surface area contributed by atoms with Crippen molar-refractivity contribution in [1.82, 2.24) is 20.2 Å². The van der Waals surface area contributed by atoms with Crippen molar-refractivity contribution >= 4 is 12.0 Å². The topological polar surface area (TPSA) is 96.3 Å². The fourth-order valence-electron chi connectivity index (χ4n) is 2.25. The molecule has 7 heteroatoms. The van der Waals surface area contributed by atoms with Gasteiger partial charge >= 0.3 is 12.0 Å². The standard InChI is InChI=1S/C12H18N4O3/c1-16-6-5-13-9(16)8-14-11(19)15-12(3-2-4-12)7-10(17)18/h5-6H,2-4,7-8H2,1H3,(H,17,18)(H2,14,15,19). The number of imidazole rings is 1. The van der Waals surface area contributed by atoms with E-state index in [9.17, 15) is 9.59 Å². The lowest BCUT2D eigenvalue weighted by Crippen LogP contribution is -2.57. The van der Waals surface area contributed by atoms with E-state index >= 15 is 0 Å². The maximum atomic E-state index is 11.8. The first kappa shape index (κ1) is 13.4. The molecule has 3 N–H and O–H groups in total. The van der Waals surface area contributed by atoms with Crippen LogP contribution in [0.1, 0.15) is 31.5 Å². The van der Waals surface area contributed by atoms with E-state index in [1.54, 1.807) is 12.4 Å². The quantitative estimate of drug-likeness (QED) is 0.727. The lowest BCUT2D eigenvalue weighted by Gasteiger charge is -2.41. The highest BCUT2D eigenvalue weighted by Crippen LogP contribution is 2.34. The maximum Gasteiger partial charge on any atom is 0.315 e. The van der Waals surface area contributed by atoms with Crippen molar-refractivity contribution in [2.45, 2.75) is 37.8 Å². The molecule has 7 nitrogen and oxygen atoms in total. The van der Waals surface area contributed by atoms with Crippen molar-refractivity contribution in [2.24, 2.45) is 7.05 Å². The largest absolute Gasteiger partial charge is 0.481 e. The number of rotatable bonds is 5. The van der Waals surface area contributed by atoms with Gasteiger partial charge in [0.05, 0.1) is 18.5 Å². The second kappa shape index (κ2) is 5.29. The molecule has 0 aliphatic heterocycles. The number of amides is 2. The molecular weight excluding hydrogens is 248 g/mol. The van der Waals surface area contributed by atoms with Gasteiger partial charge in [-0.2, -0.15) is 0 Å².